The molecule has 1 saturated heterocycles. The monoisotopic (exact) mass is 309 g/mol. The van der Waals surface area contributed by atoms with Crippen molar-refractivity contribution in [2.24, 2.45) is 5.92 Å². The van der Waals surface area contributed by atoms with Crippen LogP contribution in [-0.4, -0.2) is 29.9 Å². The molecule has 1 aliphatic rings. The van der Waals surface area contributed by atoms with E-state index in [-0.39, 0.29) is 17.3 Å². The number of rotatable bonds is 4. The first-order valence-electron chi connectivity index (χ1n) is 7.76. The maximum Gasteiger partial charge on any atom is 0.335 e. The van der Waals surface area contributed by atoms with E-state index in [1.165, 1.54) is 0 Å². The van der Waals surface area contributed by atoms with Crippen LogP contribution in [0.25, 0.3) is 11.1 Å². The van der Waals surface area contributed by atoms with Crippen molar-refractivity contribution in [3.05, 3.63) is 59.2 Å². The average Bonchev–Trinajstić information content (AvgIpc) is 3.08. The highest BCUT2D eigenvalue weighted by atomic mass is 16.4. The Labute approximate surface area is 135 Å². The molecule has 4 nitrogen and oxygen atoms in total. The number of nitrogens with one attached hydrogen (secondary N) is 1. The minimum Gasteiger partial charge on any atom is -0.478 e. The number of carbonyl (C=O) groups excluding carboxylic acids is 1. The van der Waals surface area contributed by atoms with E-state index in [0.717, 1.165) is 36.2 Å². The SMILES string of the molecule is Cc1cc(C(=O)O)ccc1-c1ccccc1C(=O)C1CCNC1. The fourth-order valence-electron chi connectivity index (χ4n) is 3.13. The third-order valence-electron chi connectivity index (χ3n) is 4.39. The average molecular weight is 309 g/mol. The Morgan fingerprint density at radius 2 is 1.91 bits per heavy atom. The molecule has 0 spiro atoms. The van der Waals surface area contributed by atoms with Gasteiger partial charge in [-0.25, -0.2) is 4.79 Å². The summed E-state index contributed by atoms with van der Waals surface area (Å²) in [6.45, 7) is 3.48. The van der Waals surface area contributed by atoms with E-state index < -0.39 is 5.97 Å². The van der Waals surface area contributed by atoms with Crippen LogP contribution in [-0.2, 0) is 0 Å². The van der Waals surface area contributed by atoms with Crippen molar-refractivity contribution < 1.29 is 14.7 Å². The largest absolute Gasteiger partial charge is 0.478 e. The van der Waals surface area contributed by atoms with Gasteiger partial charge < -0.3 is 10.4 Å². The van der Waals surface area contributed by atoms with Crippen LogP contribution in [0.1, 0.15) is 32.7 Å². The van der Waals surface area contributed by atoms with E-state index in [2.05, 4.69) is 5.32 Å². The molecular formula is C19H19NO3. The van der Waals surface area contributed by atoms with Gasteiger partial charge in [0.2, 0.25) is 0 Å². The van der Waals surface area contributed by atoms with Gasteiger partial charge in [-0.1, -0.05) is 30.3 Å². The second kappa shape index (κ2) is 6.34. The van der Waals surface area contributed by atoms with Gasteiger partial charge in [-0.3, -0.25) is 4.79 Å². The Kier molecular flexibility index (Phi) is 4.26. The minimum atomic E-state index is -0.943. The van der Waals surface area contributed by atoms with Crippen LogP contribution in [0.15, 0.2) is 42.5 Å². The summed E-state index contributed by atoms with van der Waals surface area (Å²) in [5.74, 6) is -0.761. The van der Waals surface area contributed by atoms with Crippen LogP contribution in [0, 0.1) is 12.8 Å². The van der Waals surface area contributed by atoms with Gasteiger partial charge in [0.15, 0.2) is 5.78 Å². The number of aryl methyl sites for hydroxylation is 1. The molecule has 0 aliphatic carbocycles. The first kappa shape index (κ1) is 15.4. The van der Waals surface area contributed by atoms with Crippen molar-refractivity contribution in [2.45, 2.75) is 13.3 Å². The zero-order valence-electron chi connectivity index (χ0n) is 13.0. The molecule has 0 saturated carbocycles. The number of ketones is 1. The summed E-state index contributed by atoms with van der Waals surface area (Å²) in [6, 6.07) is 12.6. The lowest BCUT2D eigenvalue weighted by molar-refractivity contribution is 0.0696. The Morgan fingerprint density at radius 3 is 2.57 bits per heavy atom. The highest BCUT2D eigenvalue weighted by Gasteiger charge is 2.25. The zero-order valence-corrected chi connectivity index (χ0v) is 13.0. The fraction of sp³-hybridized carbons (Fsp3) is 0.263. The van der Waals surface area contributed by atoms with Crippen molar-refractivity contribution >= 4 is 11.8 Å². The van der Waals surface area contributed by atoms with Crippen LogP contribution in [0.2, 0.25) is 0 Å². The van der Waals surface area contributed by atoms with Crippen LogP contribution >= 0.6 is 0 Å². The highest BCUT2D eigenvalue weighted by Crippen LogP contribution is 2.30. The number of carboxylic acids is 1. The number of hydrogen-bond donors (Lipinski definition) is 2. The maximum atomic E-state index is 12.8. The quantitative estimate of drug-likeness (QED) is 0.851. The summed E-state index contributed by atoms with van der Waals surface area (Å²) < 4.78 is 0. The van der Waals surface area contributed by atoms with Crippen molar-refractivity contribution in [3.63, 3.8) is 0 Å². The smallest absolute Gasteiger partial charge is 0.335 e. The number of Topliss-reactive ketones (excluding diaryl/α,β-unsaturated/α-hetero) is 1. The third kappa shape index (κ3) is 3.03. The molecule has 118 valence electrons. The molecule has 1 aliphatic heterocycles. The molecule has 0 bridgehead atoms. The molecule has 0 amide bonds. The topological polar surface area (TPSA) is 66.4 Å². The molecule has 1 atom stereocenters. The molecular weight excluding hydrogens is 290 g/mol. The van der Waals surface area contributed by atoms with E-state index in [9.17, 15) is 9.59 Å². The van der Waals surface area contributed by atoms with Crippen molar-refractivity contribution in [3.8, 4) is 11.1 Å². The molecule has 1 fully saturated rings. The molecule has 0 aromatic heterocycles. The molecule has 0 radical (unpaired) electrons. The van der Waals surface area contributed by atoms with E-state index in [4.69, 9.17) is 5.11 Å². The molecule has 2 aromatic rings. The molecule has 23 heavy (non-hydrogen) atoms. The molecule has 3 rings (SSSR count). The van der Waals surface area contributed by atoms with Gasteiger partial charge in [0.1, 0.15) is 0 Å². The second-order valence-corrected chi connectivity index (χ2v) is 5.93. The van der Waals surface area contributed by atoms with Gasteiger partial charge in [-0.2, -0.15) is 0 Å². The summed E-state index contributed by atoms with van der Waals surface area (Å²) in [7, 11) is 0. The van der Waals surface area contributed by atoms with Gasteiger partial charge in [-0.05, 0) is 48.7 Å². The normalized spacial score (nSPS) is 17.2. The third-order valence-corrected chi connectivity index (χ3v) is 4.39. The van der Waals surface area contributed by atoms with Crippen molar-refractivity contribution in [2.75, 3.05) is 13.1 Å². The maximum absolute atomic E-state index is 12.8. The van der Waals surface area contributed by atoms with E-state index in [1.807, 2.05) is 31.2 Å². The lowest BCUT2D eigenvalue weighted by Gasteiger charge is -2.14. The summed E-state index contributed by atoms with van der Waals surface area (Å²) >= 11 is 0. The molecule has 1 unspecified atom stereocenters. The van der Waals surface area contributed by atoms with Crippen LogP contribution in [0.5, 0.6) is 0 Å². The minimum absolute atomic E-state index is 0.0229. The number of hydrogen-bond acceptors (Lipinski definition) is 3. The molecule has 1 heterocycles. The zero-order chi connectivity index (χ0) is 16.4. The van der Waals surface area contributed by atoms with Gasteiger partial charge in [-0.15, -0.1) is 0 Å². The van der Waals surface area contributed by atoms with Gasteiger partial charge in [0.25, 0.3) is 0 Å². The predicted molar refractivity (Wildman–Crippen MR) is 88.9 cm³/mol. The Bertz CT molecular complexity index is 761. The second-order valence-electron chi connectivity index (χ2n) is 5.93. The summed E-state index contributed by atoms with van der Waals surface area (Å²) in [6.07, 6.45) is 0.865. The number of aromatic carboxylic acids is 1. The lowest BCUT2D eigenvalue weighted by Crippen LogP contribution is -2.18. The van der Waals surface area contributed by atoms with E-state index in [0.29, 0.717) is 5.56 Å². The van der Waals surface area contributed by atoms with E-state index in [1.54, 1.807) is 18.2 Å². The number of benzene rings is 2. The Hall–Kier alpha value is -2.46. The van der Waals surface area contributed by atoms with Crippen LogP contribution < -0.4 is 5.32 Å². The van der Waals surface area contributed by atoms with Gasteiger partial charge in [0.05, 0.1) is 5.56 Å². The van der Waals surface area contributed by atoms with Crippen LogP contribution in [0.3, 0.4) is 0 Å². The van der Waals surface area contributed by atoms with Gasteiger partial charge >= 0.3 is 5.97 Å². The molecule has 2 N–H and O–H groups in total. The van der Waals surface area contributed by atoms with Crippen molar-refractivity contribution in [1.29, 1.82) is 0 Å². The Balaban J connectivity index is 2.03. The first-order chi connectivity index (χ1) is 11.1. The summed E-state index contributed by atoms with van der Waals surface area (Å²) in [5.41, 5.74) is 3.61. The number of carboxylic acid groups (broad SMARTS) is 1. The standard InChI is InChI=1S/C19H19NO3/c1-12-10-13(19(22)23)6-7-15(12)16-4-2-3-5-17(16)18(21)14-8-9-20-11-14/h2-7,10,14,20H,8-9,11H2,1H3,(H,22,23). The highest BCUT2D eigenvalue weighted by molar-refractivity contribution is 6.04. The summed E-state index contributed by atoms with van der Waals surface area (Å²) in [4.78, 5) is 23.9. The number of carbonyl (C=O) groups is 2. The Morgan fingerprint density at radius 1 is 1.13 bits per heavy atom. The lowest BCUT2D eigenvalue weighted by atomic mass is 9.88. The first-order valence-corrected chi connectivity index (χ1v) is 7.76. The van der Waals surface area contributed by atoms with Gasteiger partial charge in [0, 0.05) is 18.0 Å². The fourth-order valence-corrected chi connectivity index (χ4v) is 3.13. The van der Waals surface area contributed by atoms with E-state index >= 15 is 0 Å². The summed E-state index contributed by atoms with van der Waals surface area (Å²) in [5, 5.41) is 12.3. The molecule has 2 aromatic carbocycles. The van der Waals surface area contributed by atoms with Crippen LogP contribution in [0.4, 0.5) is 0 Å². The van der Waals surface area contributed by atoms with Crippen molar-refractivity contribution in [1.82, 2.24) is 5.32 Å². The molecule has 4 heteroatoms. The predicted octanol–water partition coefficient (Wildman–Crippen LogP) is 3.15.